The lowest BCUT2D eigenvalue weighted by Crippen LogP contribution is -2.34. The van der Waals surface area contributed by atoms with Crippen LogP contribution < -0.4 is 10.1 Å². The molecule has 0 heterocycles. The van der Waals surface area contributed by atoms with Crippen LogP contribution >= 0.6 is 0 Å². The normalized spacial score (nSPS) is 10.6. The van der Waals surface area contributed by atoms with Crippen LogP contribution in [0.25, 0.3) is 0 Å². The Balaban J connectivity index is 1.81. The molecule has 4 nitrogen and oxygen atoms in total. The van der Waals surface area contributed by atoms with Gasteiger partial charge in [-0.25, -0.2) is 0 Å². The van der Waals surface area contributed by atoms with Crippen molar-refractivity contribution >= 4 is 5.91 Å². The highest BCUT2D eigenvalue weighted by atomic mass is 16.5. The Bertz CT molecular complexity index is 655. The first-order valence-corrected chi connectivity index (χ1v) is 7.71. The zero-order chi connectivity index (χ0) is 16.7. The van der Waals surface area contributed by atoms with Crippen LogP contribution in [0.3, 0.4) is 0 Å². The highest BCUT2D eigenvalue weighted by Crippen LogP contribution is 2.13. The van der Waals surface area contributed by atoms with Gasteiger partial charge in [0.1, 0.15) is 5.75 Å². The fourth-order valence-electron chi connectivity index (χ4n) is 2.44. The van der Waals surface area contributed by atoms with Crippen molar-refractivity contribution in [3.63, 3.8) is 0 Å². The molecule has 2 aromatic carbocycles. The van der Waals surface area contributed by atoms with Crippen LogP contribution in [-0.2, 0) is 17.9 Å². The SMILES string of the molecule is COc1cccc(CN(C)CC(=O)NCc2ccccc2C)c1. The molecule has 2 aromatic rings. The van der Waals surface area contributed by atoms with Crippen molar-refractivity contribution < 1.29 is 9.53 Å². The second kappa shape index (κ2) is 8.34. The molecule has 0 spiro atoms. The van der Waals surface area contributed by atoms with E-state index in [0.29, 0.717) is 19.6 Å². The number of carbonyl (C=O) groups is 1. The summed E-state index contributed by atoms with van der Waals surface area (Å²) in [6.45, 7) is 3.69. The summed E-state index contributed by atoms with van der Waals surface area (Å²) in [5.41, 5.74) is 3.47. The minimum Gasteiger partial charge on any atom is -0.497 e. The number of hydrogen-bond acceptors (Lipinski definition) is 3. The molecule has 0 unspecified atom stereocenters. The number of benzene rings is 2. The number of hydrogen-bond donors (Lipinski definition) is 1. The molecule has 0 aliphatic heterocycles. The van der Waals surface area contributed by atoms with E-state index in [1.54, 1.807) is 7.11 Å². The maximum absolute atomic E-state index is 12.1. The molecule has 2 rings (SSSR count). The lowest BCUT2D eigenvalue weighted by atomic mass is 10.1. The minimum absolute atomic E-state index is 0.0265. The fraction of sp³-hybridized carbons (Fsp3) is 0.316. The second-order valence-electron chi connectivity index (χ2n) is 5.73. The van der Waals surface area contributed by atoms with Gasteiger partial charge in [-0.05, 0) is 42.8 Å². The number of amides is 1. The van der Waals surface area contributed by atoms with Gasteiger partial charge < -0.3 is 10.1 Å². The molecule has 23 heavy (non-hydrogen) atoms. The van der Waals surface area contributed by atoms with E-state index in [1.807, 2.05) is 54.4 Å². The van der Waals surface area contributed by atoms with Crippen molar-refractivity contribution in [2.24, 2.45) is 0 Å². The largest absolute Gasteiger partial charge is 0.497 e. The van der Waals surface area contributed by atoms with Gasteiger partial charge in [-0.2, -0.15) is 0 Å². The zero-order valence-corrected chi connectivity index (χ0v) is 14.0. The van der Waals surface area contributed by atoms with Crippen LogP contribution in [-0.4, -0.2) is 31.5 Å². The quantitative estimate of drug-likeness (QED) is 0.855. The van der Waals surface area contributed by atoms with Gasteiger partial charge >= 0.3 is 0 Å². The third-order valence-corrected chi connectivity index (χ3v) is 3.74. The highest BCUT2D eigenvalue weighted by molar-refractivity contribution is 5.78. The third kappa shape index (κ3) is 5.42. The molecule has 4 heteroatoms. The predicted molar refractivity (Wildman–Crippen MR) is 92.4 cm³/mol. The molecule has 0 saturated heterocycles. The molecule has 1 amide bonds. The molecule has 0 atom stereocenters. The van der Waals surface area contributed by atoms with Crippen LogP contribution in [0, 0.1) is 6.92 Å². The van der Waals surface area contributed by atoms with E-state index >= 15 is 0 Å². The van der Waals surface area contributed by atoms with Crippen molar-refractivity contribution in [3.8, 4) is 5.75 Å². The number of likely N-dealkylation sites (N-methyl/N-ethyl adjacent to an activating group) is 1. The maximum Gasteiger partial charge on any atom is 0.234 e. The van der Waals surface area contributed by atoms with Gasteiger partial charge in [0, 0.05) is 13.1 Å². The van der Waals surface area contributed by atoms with E-state index in [-0.39, 0.29) is 5.91 Å². The first-order chi connectivity index (χ1) is 11.1. The topological polar surface area (TPSA) is 41.6 Å². The molecule has 0 radical (unpaired) electrons. The van der Waals surface area contributed by atoms with Crippen molar-refractivity contribution in [2.75, 3.05) is 20.7 Å². The lowest BCUT2D eigenvalue weighted by Gasteiger charge is -2.17. The zero-order valence-electron chi connectivity index (χ0n) is 14.0. The molecule has 0 fully saturated rings. The first-order valence-electron chi connectivity index (χ1n) is 7.71. The summed E-state index contributed by atoms with van der Waals surface area (Å²) >= 11 is 0. The van der Waals surface area contributed by atoms with Gasteiger partial charge in [0.2, 0.25) is 5.91 Å². The Labute approximate surface area is 138 Å². The second-order valence-corrected chi connectivity index (χ2v) is 5.73. The van der Waals surface area contributed by atoms with E-state index < -0.39 is 0 Å². The minimum atomic E-state index is 0.0265. The van der Waals surface area contributed by atoms with E-state index in [0.717, 1.165) is 16.9 Å². The van der Waals surface area contributed by atoms with E-state index in [4.69, 9.17) is 4.74 Å². The molecule has 0 aliphatic rings. The summed E-state index contributed by atoms with van der Waals surface area (Å²) in [4.78, 5) is 14.1. The fourth-order valence-corrected chi connectivity index (χ4v) is 2.44. The Morgan fingerprint density at radius 2 is 1.96 bits per heavy atom. The Morgan fingerprint density at radius 3 is 2.70 bits per heavy atom. The number of nitrogens with one attached hydrogen (secondary N) is 1. The molecule has 122 valence electrons. The van der Waals surface area contributed by atoms with E-state index in [2.05, 4.69) is 18.3 Å². The predicted octanol–water partition coefficient (Wildman–Crippen LogP) is 2.75. The van der Waals surface area contributed by atoms with E-state index in [9.17, 15) is 4.79 Å². The number of nitrogens with zero attached hydrogens (tertiary/aromatic N) is 1. The van der Waals surface area contributed by atoms with Crippen LogP contribution in [0.2, 0.25) is 0 Å². The van der Waals surface area contributed by atoms with Gasteiger partial charge in [-0.15, -0.1) is 0 Å². The van der Waals surface area contributed by atoms with Gasteiger partial charge in [-0.1, -0.05) is 36.4 Å². The maximum atomic E-state index is 12.1. The van der Waals surface area contributed by atoms with Crippen LogP contribution in [0.5, 0.6) is 5.75 Å². The monoisotopic (exact) mass is 312 g/mol. The number of methoxy groups -OCH3 is 1. The van der Waals surface area contributed by atoms with Gasteiger partial charge in [0.25, 0.3) is 0 Å². The average molecular weight is 312 g/mol. The molecule has 0 saturated carbocycles. The number of rotatable bonds is 7. The molecule has 0 aliphatic carbocycles. The third-order valence-electron chi connectivity index (χ3n) is 3.74. The highest BCUT2D eigenvalue weighted by Gasteiger charge is 2.08. The average Bonchev–Trinajstić information content (AvgIpc) is 2.54. The number of aryl methyl sites for hydroxylation is 1. The van der Waals surface area contributed by atoms with Crippen LogP contribution in [0.1, 0.15) is 16.7 Å². The molecule has 0 aromatic heterocycles. The molecule has 1 N–H and O–H groups in total. The summed E-state index contributed by atoms with van der Waals surface area (Å²) in [5, 5.41) is 2.97. The summed E-state index contributed by atoms with van der Waals surface area (Å²) in [5.74, 6) is 0.860. The van der Waals surface area contributed by atoms with E-state index in [1.165, 1.54) is 5.56 Å². The molecular weight excluding hydrogens is 288 g/mol. The number of ether oxygens (including phenoxy) is 1. The summed E-state index contributed by atoms with van der Waals surface area (Å²) in [6.07, 6.45) is 0. The lowest BCUT2D eigenvalue weighted by molar-refractivity contribution is -0.122. The summed E-state index contributed by atoms with van der Waals surface area (Å²) in [6, 6.07) is 16.0. The summed E-state index contributed by atoms with van der Waals surface area (Å²) in [7, 11) is 3.59. The Morgan fingerprint density at radius 1 is 1.17 bits per heavy atom. The van der Waals surface area contributed by atoms with Crippen molar-refractivity contribution in [3.05, 3.63) is 65.2 Å². The Kier molecular flexibility index (Phi) is 6.18. The first kappa shape index (κ1) is 17.0. The molecule has 0 bridgehead atoms. The van der Waals surface area contributed by atoms with Crippen molar-refractivity contribution in [1.82, 2.24) is 10.2 Å². The molecular formula is C19H24N2O2. The van der Waals surface area contributed by atoms with Crippen LogP contribution in [0.4, 0.5) is 0 Å². The van der Waals surface area contributed by atoms with Gasteiger partial charge in [-0.3, -0.25) is 9.69 Å². The smallest absolute Gasteiger partial charge is 0.234 e. The van der Waals surface area contributed by atoms with Crippen molar-refractivity contribution in [1.29, 1.82) is 0 Å². The Hall–Kier alpha value is -2.33. The van der Waals surface area contributed by atoms with Gasteiger partial charge in [0.15, 0.2) is 0 Å². The standard InChI is InChI=1S/C19H24N2O2/c1-15-7-4-5-9-17(15)12-20-19(22)14-21(2)13-16-8-6-10-18(11-16)23-3/h4-11H,12-14H2,1-3H3,(H,20,22). The van der Waals surface area contributed by atoms with Crippen molar-refractivity contribution in [2.45, 2.75) is 20.0 Å². The van der Waals surface area contributed by atoms with Crippen LogP contribution in [0.15, 0.2) is 48.5 Å². The number of carbonyl (C=O) groups excluding carboxylic acids is 1. The summed E-state index contributed by atoms with van der Waals surface area (Å²) < 4.78 is 5.22. The van der Waals surface area contributed by atoms with Gasteiger partial charge in [0.05, 0.1) is 13.7 Å².